The Balaban J connectivity index is 0. The molecule has 4 heavy (non-hydrogen) atoms. The Bertz CT molecular complexity index is 6.00. The third-order valence-corrected chi connectivity index (χ3v) is 0. The van der Waals surface area contributed by atoms with Crippen LogP contribution < -0.4 is 0 Å². The van der Waals surface area contributed by atoms with E-state index >= 15 is 0 Å². The number of hydrogen-bond donors (Lipinski definition) is 0. The molecule has 0 saturated carbocycles. The first-order chi connectivity index (χ1) is 0. The van der Waals surface area contributed by atoms with Gasteiger partial charge in [-0.3, -0.25) is 0 Å². The van der Waals surface area contributed by atoms with E-state index in [1.807, 2.05) is 0 Å². The van der Waals surface area contributed by atoms with E-state index in [4.69, 9.17) is 0 Å². The minimum absolute atomic E-state index is 0. The molecule has 0 aromatic rings. The van der Waals surface area contributed by atoms with Crippen LogP contribution in [0.25, 0.3) is 0 Å². The molecule has 0 amide bonds. The summed E-state index contributed by atoms with van der Waals surface area (Å²) in [4.78, 5) is 0. The molecule has 0 atom stereocenters. The molecule has 0 aliphatic heterocycles. The van der Waals surface area contributed by atoms with Crippen molar-refractivity contribution in [2.45, 2.75) is 0 Å². The van der Waals surface area contributed by atoms with E-state index in [2.05, 4.69) is 0 Å². The van der Waals surface area contributed by atoms with Gasteiger partial charge in [-0.05, 0) is 0 Å². The third-order valence-electron chi connectivity index (χ3n) is 0. The Morgan fingerprint density at radius 3 is 0.750 bits per heavy atom. The van der Waals surface area contributed by atoms with Gasteiger partial charge in [0.05, 0.1) is 0 Å². The van der Waals surface area contributed by atoms with Gasteiger partial charge in [0.15, 0.2) is 0 Å². The van der Waals surface area contributed by atoms with E-state index in [0.29, 0.717) is 0 Å². The molecule has 0 saturated heterocycles. The number of hydrogen-bond acceptors (Lipinski definition) is 0. The first kappa shape index (κ1) is 33.8. The molecule has 0 aliphatic carbocycles. The van der Waals surface area contributed by atoms with Gasteiger partial charge in [-0.1, -0.05) is 0 Å². The summed E-state index contributed by atoms with van der Waals surface area (Å²) in [6.07, 6.45) is 0. The monoisotopic (exact) mass is 291 g/mol. The normalized spacial score (nSPS) is 0. The minimum Gasteiger partial charge on any atom is 0 e. The largest absolute Gasteiger partial charge is 0 e. The molecule has 0 rings (SSSR count). The van der Waals surface area contributed by atoms with E-state index in [1.54, 1.807) is 0 Å². The van der Waals surface area contributed by atoms with E-state index in [1.165, 1.54) is 0 Å². The van der Waals surface area contributed by atoms with Crippen LogP contribution in [0.15, 0.2) is 0 Å². The van der Waals surface area contributed by atoms with Crippen LogP contribution in [0, 0.1) is 0 Å². The van der Waals surface area contributed by atoms with Crippen molar-refractivity contribution in [3.05, 3.63) is 0 Å². The molecular formula is AgCu2Ni. The summed E-state index contributed by atoms with van der Waals surface area (Å²) in [6, 6.07) is 0. The maximum absolute atomic E-state index is 0. The Labute approximate surface area is 72.2 Å². The van der Waals surface area contributed by atoms with E-state index in [9.17, 15) is 0 Å². The topological polar surface area (TPSA) is 0 Å². The van der Waals surface area contributed by atoms with Gasteiger partial charge < -0.3 is 0 Å². The van der Waals surface area contributed by atoms with Crippen LogP contribution >= 0.6 is 0 Å². The molecule has 0 fully saturated rings. The van der Waals surface area contributed by atoms with Crippen LogP contribution in [0.5, 0.6) is 0 Å². The smallest absolute Gasteiger partial charge is 0 e. The zero-order valence-corrected chi connectivity index (χ0v) is 5.57. The fraction of sp³-hybridized carbons (Fsp3) is 0. The molecule has 43 valence electrons. The molecule has 0 unspecified atom stereocenters. The van der Waals surface area contributed by atoms with Gasteiger partial charge in [0.25, 0.3) is 0 Å². The van der Waals surface area contributed by atoms with Crippen molar-refractivity contribution in [1.29, 1.82) is 0 Å². The minimum atomic E-state index is 0. The van der Waals surface area contributed by atoms with E-state index < -0.39 is 0 Å². The molecule has 0 N–H and O–H groups in total. The molecular weight excluding hydrogens is 294 g/mol. The Morgan fingerprint density at radius 2 is 0.750 bits per heavy atom. The second-order valence-electron chi connectivity index (χ2n) is 0. The second kappa shape index (κ2) is 18.6. The van der Waals surface area contributed by atoms with Gasteiger partial charge in [0.2, 0.25) is 0 Å². The van der Waals surface area contributed by atoms with Crippen LogP contribution in [0.2, 0.25) is 0 Å². The second-order valence-corrected chi connectivity index (χ2v) is 0. The van der Waals surface area contributed by atoms with Crippen molar-refractivity contribution in [2.75, 3.05) is 0 Å². The Morgan fingerprint density at radius 1 is 0.750 bits per heavy atom. The summed E-state index contributed by atoms with van der Waals surface area (Å²) in [5, 5.41) is 0. The van der Waals surface area contributed by atoms with Crippen LogP contribution in [0.1, 0.15) is 0 Å². The number of rotatable bonds is 0. The molecule has 3 radical (unpaired) electrons. The molecule has 0 heterocycles. The maximum Gasteiger partial charge on any atom is 0 e. The van der Waals surface area contributed by atoms with Gasteiger partial charge >= 0.3 is 0 Å². The van der Waals surface area contributed by atoms with Crippen LogP contribution in [0.4, 0.5) is 0 Å². The molecule has 0 bridgehead atoms. The zero-order chi connectivity index (χ0) is 0. The fourth-order valence-corrected chi connectivity index (χ4v) is 0. The van der Waals surface area contributed by atoms with Crippen molar-refractivity contribution < 1.29 is 73.0 Å². The molecule has 4 heteroatoms. The average molecular weight is 294 g/mol. The first-order valence-corrected chi connectivity index (χ1v) is 0. The van der Waals surface area contributed by atoms with Gasteiger partial charge in [0, 0.05) is 73.0 Å². The fourth-order valence-electron chi connectivity index (χ4n) is 0. The molecule has 0 spiro atoms. The summed E-state index contributed by atoms with van der Waals surface area (Å²) in [7, 11) is 0. The van der Waals surface area contributed by atoms with Crippen LogP contribution in [0.3, 0.4) is 0 Å². The van der Waals surface area contributed by atoms with Crippen LogP contribution in [-0.4, -0.2) is 0 Å². The van der Waals surface area contributed by atoms with Crippen molar-refractivity contribution >= 4 is 0 Å². The van der Waals surface area contributed by atoms with Gasteiger partial charge in [0.1, 0.15) is 0 Å². The van der Waals surface area contributed by atoms with Gasteiger partial charge in [-0.25, -0.2) is 0 Å². The van der Waals surface area contributed by atoms with E-state index in [0.717, 1.165) is 0 Å². The summed E-state index contributed by atoms with van der Waals surface area (Å²) in [6.45, 7) is 0. The van der Waals surface area contributed by atoms with Crippen LogP contribution in [-0.2, 0) is 73.0 Å². The van der Waals surface area contributed by atoms with Crippen molar-refractivity contribution in [3.63, 3.8) is 0 Å². The van der Waals surface area contributed by atoms with E-state index in [-0.39, 0.29) is 73.0 Å². The standard InChI is InChI=1S/Ag.2Cu.Ni. The van der Waals surface area contributed by atoms with Gasteiger partial charge in [-0.2, -0.15) is 0 Å². The van der Waals surface area contributed by atoms with Crippen molar-refractivity contribution in [2.24, 2.45) is 0 Å². The molecule has 0 aromatic carbocycles. The van der Waals surface area contributed by atoms with Crippen molar-refractivity contribution in [1.82, 2.24) is 0 Å². The molecule has 0 aliphatic rings. The summed E-state index contributed by atoms with van der Waals surface area (Å²) >= 11 is 0. The van der Waals surface area contributed by atoms with Gasteiger partial charge in [-0.15, -0.1) is 0 Å². The zero-order valence-electron chi connectivity index (χ0n) is 1.22. The first-order valence-electron chi connectivity index (χ1n) is 0. The predicted octanol–water partition coefficient (Wildman–Crippen LogP) is -0.0100. The maximum atomic E-state index is 0. The quantitative estimate of drug-likeness (QED) is 0.551. The summed E-state index contributed by atoms with van der Waals surface area (Å²) in [5.74, 6) is 0. The summed E-state index contributed by atoms with van der Waals surface area (Å²) < 4.78 is 0. The SMILES string of the molecule is [Ag].[Cu].[Cu].[Ni]. The average Bonchev–Trinajstić information content (AvgIpc) is 0. The molecule has 0 aromatic heterocycles. The Kier molecular flexibility index (Phi) is 157. The molecule has 0 nitrogen and oxygen atoms in total. The summed E-state index contributed by atoms with van der Waals surface area (Å²) in [5.41, 5.74) is 0. The third kappa shape index (κ3) is 8.86. The van der Waals surface area contributed by atoms with Crippen molar-refractivity contribution in [3.8, 4) is 0 Å². The Hall–Kier alpha value is 2.27. The predicted molar refractivity (Wildman–Crippen MR) is 0 cm³/mol.